The lowest BCUT2D eigenvalue weighted by Crippen LogP contribution is -2.61. The van der Waals surface area contributed by atoms with Gasteiger partial charge in [-0.05, 0) is 25.9 Å². The van der Waals surface area contributed by atoms with Crippen LogP contribution < -0.4 is 5.32 Å². The van der Waals surface area contributed by atoms with E-state index >= 15 is 0 Å². The van der Waals surface area contributed by atoms with Crippen LogP contribution in [0.4, 0.5) is 0 Å². The molecule has 1 N–H and O–H groups in total. The van der Waals surface area contributed by atoms with E-state index in [1.54, 1.807) is 0 Å². The van der Waals surface area contributed by atoms with Crippen molar-refractivity contribution < 1.29 is 0 Å². The first-order valence-electron chi connectivity index (χ1n) is 9.90. The van der Waals surface area contributed by atoms with Crippen LogP contribution in [0.3, 0.4) is 0 Å². The minimum absolute atomic E-state index is 0.531. The molecule has 0 saturated carbocycles. The average molecular weight is 326 g/mol. The minimum Gasteiger partial charge on any atom is -0.301 e. The molecule has 0 radical (unpaired) electrons. The van der Waals surface area contributed by atoms with Gasteiger partial charge in [0.25, 0.3) is 0 Å². The molecule has 136 valence electrons. The Morgan fingerprint density at radius 2 is 0.957 bits per heavy atom. The van der Waals surface area contributed by atoms with E-state index < -0.39 is 0 Å². The number of nitrogens with zero attached hydrogens (tertiary/aromatic N) is 4. The summed E-state index contributed by atoms with van der Waals surface area (Å²) in [7, 11) is 0. The predicted molar refractivity (Wildman–Crippen MR) is 98.7 cm³/mol. The third-order valence-electron chi connectivity index (χ3n) is 5.75. The molecule has 0 bridgehead atoms. The van der Waals surface area contributed by atoms with Gasteiger partial charge in [-0.25, -0.2) is 0 Å². The fourth-order valence-corrected chi connectivity index (χ4v) is 3.97. The Kier molecular flexibility index (Phi) is 8.27. The second-order valence-corrected chi connectivity index (χ2v) is 6.96. The molecule has 23 heavy (non-hydrogen) atoms. The molecule has 2 atom stereocenters. The number of nitrogens with one attached hydrogen (secondary N) is 1. The summed E-state index contributed by atoms with van der Waals surface area (Å²) >= 11 is 0. The van der Waals surface area contributed by atoms with Crippen molar-refractivity contribution in [3.8, 4) is 0 Å². The van der Waals surface area contributed by atoms with Gasteiger partial charge < -0.3 is 9.80 Å². The van der Waals surface area contributed by atoms with Crippen LogP contribution in [0.25, 0.3) is 0 Å². The molecule has 0 amide bonds. The zero-order valence-corrected chi connectivity index (χ0v) is 15.9. The Morgan fingerprint density at radius 3 is 1.22 bits per heavy atom. The first kappa shape index (κ1) is 19.1. The standard InChI is InChI=1S/C18H39N5/c1-5-17(22-13-9-20(7-3)10-14-22)19-18(6-2)23-15-11-21(8-4)12-16-23/h17-19H,5-16H2,1-4H3. The lowest BCUT2D eigenvalue weighted by atomic mass is 10.2. The molecule has 2 unspecified atom stereocenters. The number of hydrogen-bond donors (Lipinski definition) is 1. The van der Waals surface area contributed by atoms with Gasteiger partial charge in [0.2, 0.25) is 0 Å². The maximum atomic E-state index is 3.97. The van der Waals surface area contributed by atoms with E-state index in [9.17, 15) is 0 Å². The molecule has 0 spiro atoms. The minimum atomic E-state index is 0.531. The smallest absolute Gasteiger partial charge is 0.0607 e. The van der Waals surface area contributed by atoms with Gasteiger partial charge in [0, 0.05) is 52.4 Å². The van der Waals surface area contributed by atoms with Crippen LogP contribution in [-0.4, -0.2) is 97.4 Å². The second kappa shape index (κ2) is 9.94. The van der Waals surface area contributed by atoms with Gasteiger partial charge >= 0.3 is 0 Å². The zero-order chi connectivity index (χ0) is 16.7. The fourth-order valence-electron chi connectivity index (χ4n) is 3.97. The highest BCUT2D eigenvalue weighted by atomic mass is 15.4. The average Bonchev–Trinajstić information content (AvgIpc) is 2.63. The van der Waals surface area contributed by atoms with Gasteiger partial charge in [0.05, 0.1) is 12.3 Å². The topological polar surface area (TPSA) is 25.0 Å². The van der Waals surface area contributed by atoms with E-state index in [4.69, 9.17) is 0 Å². The summed E-state index contributed by atoms with van der Waals surface area (Å²) in [6, 6.07) is 0. The Hall–Kier alpha value is -0.200. The third-order valence-corrected chi connectivity index (χ3v) is 5.75. The van der Waals surface area contributed by atoms with Crippen molar-refractivity contribution in [1.82, 2.24) is 24.9 Å². The fraction of sp³-hybridized carbons (Fsp3) is 1.00. The highest BCUT2D eigenvalue weighted by Crippen LogP contribution is 2.12. The summed E-state index contributed by atoms with van der Waals surface area (Å²) in [5, 5.41) is 3.97. The molecule has 2 saturated heterocycles. The van der Waals surface area contributed by atoms with Crippen molar-refractivity contribution in [1.29, 1.82) is 0 Å². The van der Waals surface area contributed by atoms with Gasteiger partial charge in [-0.3, -0.25) is 15.1 Å². The second-order valence-electron chi connectivity index (χ2n) is 6.96. The molecule has 0 aromatic carbocycles. The monoisotopic (exact) mass is 325 g/mol. The summed E-state index contributed by atoms with van der Waals surface area (Å²) in [4.78, 5) is 10.4. The molecule has 0 aromatic heterocycles. The SMILES string of the molecule is CCC(NC(CC)N1CCN(CC)CC1)N1CCN(CC)CC1. The number of piperazine rings is 2. The summed E-state index contributed by atoms with van der Waals surface area (Å²) < 4.78 is 0. The van der Waals surface area contributed by atoms with E-state index in [-0.39, 0.29) is 0 Å². The molecule has 2 aliphatic heterocycles. The molecular weight excluding hydrogens is 286 g/mol. The van der Waals surface area contributed by atoms with Crippen LogP contribution in [0.15, 0.2) is 0 Å². The van der Waals surface area contributed by atoms with Crippen LogP contribution >= 0.6 is 0 Å². The maximum Gasteiger partial charge on any atom is 0.0607 e. The Balaban J connectivity index is 1.84. The van der Waals surface area contributed by atoms with Gasteiger partial charge in [-0.1, -0.05) is 27.7 Å². The van der Waals surface area contributed by atoms with Crippen LogP contribution in [0.1, 0.15) is 40.5 Å². The van der Waals surface area contributed by atoms with Crippen LogP contribution in [-0.2, 0) is 0 Å². The molecule has 2 fully saturated rings. The van der Waals surface area contributed by atoms with Crippen LogP contribution in [0.5, 0.6) is 0 Å². The normalized spacial score (nSPS) is 25.6. The molecule has 5 nitrogen and oxygen atoms in total. The Bertz CT molecular complexity index is 279. The number of hydrogen-bond acceptors (Lipinski definition) is 5. The van der Waals surface area contributed by atoms with Gasteiger partial charge in [-0.2, -0.15) is 0 Å². The van der Waals surface area contributed by atoms with Crippen LogP contribution in [0, 0.1) is 0 Å². The van der Waals surface area contributed by atoms with Crippen molar-refractivity contribution in [2.24, 2.45) is 0 Å². The quantitative estimate of drug-likeness (QED) is 0.726. The summed E-state index contributed by atoms with van der Waals surface area (Å²) in [6.07, 6.45) is 3.45. The van der Waals surface area contributed by atoms with Gasteiger partial charge in [-0.15, -0.1) is 0 Å². The Labute approximate surface area is 144 Å². The maximum absolute atomic E-state index is 3.97. The molecule has 2 heterocycles. The molecule has 5 heteroatoms. The van der Waals surface area contributed by atoms with Crippen molar-refractivity contribution in [2.75, 3.05) is 65.4 Å². The predicted octanol–water partition coefficient (Wildman–Crippen LogP) is 1.32. The van der Waals surface area contributed by atoms with Crippen molar-refractivity contribution in [3.05, 3.63) is 0 Å². The molecule has 2 rings (SSSR count). The zero-order valence-electron chi connectivity index (χ0n) is 15.9. The lowest BCUT2D eigenvalue weighted by Gasteiger charge is -2.44. The number of rotatable bonds is 8. The van der Waals surface area contributed by atoms with E-state index in [0.717, 1.165) is 0 Å². The van der Waals surface area contributed by atoms with Gasteiger partial charge in [0.15, 0.2) is 0 Å². The van der Waals surface area contributed by atoms with Crippen molar-refractivity contribution in [2.45, 2.75) is 52.9 Å². The first-order chi connectivity index (χ1) is 11.2. The largest absolute Gasteiger partial charge is 0.301 e. The highest BCUT2D eigenvalue weighted by molar-refractivity contribution is 4.81. The molecule has 2 aliphatic rings. The molecule has 0 aromatic rings. The summed E-state index contributed by atoms with van der Waals surface area (Å²) in [5.74, 6) is 0. The third kappa shape index (κ3) is 5.40. The van der Waals surface area contributed by atoms with E-state index in [2.05, 4.69) is 52.6 Å². The molecular formula is C18H39N5. The van der Waals surface area contributed by atoms with E-state index in [1.165, 1.54) is 78.3 Å². The van der Waals surface area contributed by atoms with Crippen molar-refractivity contribution >= 4 is 0 Å². The first-order valence-corrected chi connectivity index (χ1v) is 9.90. The highest BCUT2D eigenvalue weighted by Gasteiger charge is 2.27. The number of likely N-dealkylation sites (N-methyl/N-ethyl adjacent to an activating group) is 2. The van der Waals surface area contributed by atoms with Gasteiger partial charge in [0.1, 0.15) is 0 Å². The summed E-state index contributed by atoms with van der Waals surface area (Å²) in [5.41, 5.74) is 0. The summed E-state index contributed by atoms with van der Waals surface area (Å²) in [6.45, 7) is 21.3. The van der Waals surface area contributed by atoms with E-state index in [1.807, 2.05) is 0 Å². The lowest BCUT2D eigenvalue weighted by molar-refractivity contribution is 0.0306. The molecule has 0 aliphatic carbocycles. The Morgan fingerprint density at radius 1 is 0.609 bits per heavy atom. The van der Waals surface area contributed by atoms with E-state index in [0.29, 0.717) is 12.3 Å². The van der Waals surface area contributed by atoms with Crippen molar-refractivity contribution in [3.63, 3.8) is 0 Å². The van der Waals surface area contributed by atoms with Crippen LogP contribution in [0.2, 0.25) is 0 Å².